The number of hydrogen-bond acceptors (Lipinski definition) is 4. The number of anilines is 2. The third-order valence-electron chi connectivity index (χ3n) is 3.88. The van der Waals surface area contributed by atoms with E-state index < -0.39 is 11.3 Å². The molecule has 4 bridgehead atoms. The largest absolute Gasteiger partial charge is 0.359 e. The zero-order valence-electron chi connectivity index (χ0n) is 10.9. The third kappa shape index (κ3) is 1.75. The van der Waals surface area contributed by atoms with Crippen LogP contribution >= 0.6 is 11.6 Å². The van der Waals surface area contributed by atoms with Crippen molar-refractivity contribution in [1.82, 2.24) is 0 Å². The van der Waals surface area contributed by atoms with Gasteiger partial charge in [-0.1, -0.05) is 17.7 Å². The highest BCUT2D eigenvalue weighted by atomic mass is 35.5. The fourth-order valence-corrected chi connectivity index (χ4v) is 2.81. The van der Waals surface area contributed by atoms with Crippen LogP contribution in [0.5, 0.6) is 0 Å². The lowest BCUT2D eigenvalue weighted by atomic mass is 9.84. The zero-order chi connectivity index (χ0) is 13.8. The Balaban J connectivity index is 2.28. The minimum atomic E-state index is -0.763. The first-order chi connectivity index (χ1) is 8.84. The first-order valence-corrected chi connectivity index (χ1v) is 6.54. The van der Waals surface area contributed by atoms with E-state index in [0.29, 0.717) is 5.02 Å². The van der Waals surface area contributed by atoms with Crippen molar-refractivity contribution in [3.8, 4) is 0 Å². The molecule has 3 aliphatic rings. The molecular formula is C14H17ClN4. The summed E-state index contributed by atoms with van der Waals surface area (Å²) in [5.74, 6) is 0. The number of hydrogen-bond donors (Lipinski definition) is 4. The quantitative estimate of drug-likeness (QED) is 0.549. The van der Waals surface area contributed by atoms with E-state index in [1.165, 1.54) is 0 Å². The molecule has 1 aliphatic carbocycles. The summed E-state index contributed by atoms with van der Waals surface area (Å²) in [6, 6.07) is 5.72. The summed E-state index contributed by atoms with van der Waals surface area (Å²) in [5, 5.41) is 7.19. The van der Waals surface area contributed by atoms with Gasteiger partial charge in [0.2, 0.25) is 0 Å². The topological polar surface area (TPSA) is 76.1 Å². The normalized spacial score (nSPS) is 32.3. The summed E-state index contributed by atoms with van der Waals surface area (Å²) in [6.45, 7) is 3.92. The van der Waals surface area contributed by atoms with Crippen LogP contribution in [-0.4, -0.2) is 11.3 Å². The molecule has 2 atom stereocenters. The smallest absolute Gasteiger partial charge is 0.128 e. The predicted molar refractivity (Wildman–Crippen MR) is 80.0 cm³/mol. The van der Waals surface area contributed by atoms with Gasteiger partial charge in [0.25, 0.3) is 0 Å². The number of halogens is 1. The molecule has 0 saturated carbocycles. The third-order valence-corrected chi connectivity index (χ3v) is 4.28. The first-order valence-electron chi connectivity index (χ1n) is 6.17. The SMILES string of the molecule is CC1=CC2(N)Nc3cccc(c3Cl)NC1(N)C=C2C. The van der Waals surface area contributed by atoms with Crippen LogP contribution in [0, 0.1) is 0 Å². The van der Waals surface area contributed by atoms with Gasteiger partial charge in [0, 0.05) is 0 Å². The summed E-state index contributed by atoms with van der Waals surface area (Å²) < 4.78 is 0. The first kappa shape index (κ1) is 12.5. The second-order valence-corrected chi connectivity index (χ2v) is 5.69. The van der Waals surface area contributed by atoms with Crippen molar-refractivity contribution in [2.24, 2.45) is 11.5 Å². The summed E-state index contributed by atoms with van der Waals surface area (Å²) in [4.78, 5) is 0. The van der Waals surface area contributed by atoms with Crippen molar-refractivity contribution in [3.63, 3.8) is 0 Å². The lowest BCUT2D eigenvalue weighted by molar-refractivity contribution is 0.606. The van der Waals surface area contributed by atoms with Crippen molar-refractivity contribution in [2.45, 2.75) is 25.2 Å². The highest BCUT2D eigenvalue weighted by molar-refractivity contribution is 6.36. The summed E-state index contributed by atoms with van der Waals surface area (Å²) >= 11 is 6.39. The number of nitrogens with one attached hydrogen (secondary N) is 2. The van der Waals surface area contributed by atoms with E-state index in [1.54, 1.807) is 0 Å². The maximum absolute atomic E-state index is 6.44. The van der Waals surface area contributed by atoms with Gasteiger partial charge >= 0.3 is 0 Å². The zero-order valence-corrected chi connectivity index (χ0v) is 11.7. The summed E-state index contributed by atoms with van der Waals surface area (Å²) in [6.07, 6.45) is 3.89. The van der Waals surface area contributed by atoms with E-state index in [0.717, 1.165) is 22.5 Å². The Labute approximate surface area is 117 Å². The second-order valence-electron chi connectivity index (χ2n) is 5.31. The Morgan fingerprint density at radius 1 is 0.947 bits per heavy atom. The van der Waals surface area contributed by atoms with E-state index in [4.69, 9.17) is 23.1 Å². The predicted octanol–water partition coefficient (Wildman–Crippen LogP) is 2.39. The van der Waals surface area contributed by atoms with Crippen LogP contribution < -0.4 is 22.1 Å². The molecule has 2 heterocycles. The van der Waals surface area contributed by atoms with Gasteiger partial charge in [0.1, 0.15) is 11.3 Å². The van der Waals surface area contributed by atoms with Crippen LogP contribution in [0.1, 0.15) is 13.8 Å². The van der Waals surface area contributed by atoms with Crippen molar-refractivity contribution in [3.05, 3.63) is 46.5 Å². The maximum Gasteiger partial charge on any atom is 0.128 e. The molecule has 4 rings (SSSR count). The van der Waals surface area contributed by atoms with E-state index >= 15 is 0 Å². The average Bonchev–Trinajstić information content (AvgIpc) is 2.35. The van der Waals surface area contributed by atoms with Gasteiger partial charge in [-0.15, -0.1) is 0 Å². The standard InChI is InChI=1S/C14H17ClN4/c1-8-6-14(17)9(2)7-13(8,16)18-10-4-3-5-11(19-14)12(10)15/h3-7,18-19H,16-17H2,1-2H3. The van der Waals surface area contributed by atoms with Gasteiger partial charge in [0.15, 0.2) is 0 Å². The second kappa shape index (κ2) is 3.76. The molecule has 0 amide bonds. The molecule has 0 spiro atoms. The fourth-order valence-electron chi connectivity index (χ4n) is 2.59. The van der Waals surface area contributed by atoms with Crippen LogP contribution in [0.15, 0.2) is 41.5 Å². The number of rotatable bonds is 0. The molecule has 0 saturated heterocycles. The van der Waals surface area contributed by atoms with Gasteiger partial charge in [0.05, 0.1) is 16.4 Å². The molecule has 0 radical (unpaired) electrons. The van der Waals surface area contributed by atoms with E-state index in [2.05, 4.69) is 10.6 Å². The van der Waals surface area contributed by atoms with Gasteiger partial charge < -0.3 is 22.1 Å². The molecule has 6 N–H and O–H groups in total. The molecule has 100 valence electrons. The Morgan fingerprint density at radius 3 is 1.79 bits per heavy atom. The van der Waals surface area contributed by atoms with Crippen molar-refractivity contribution in [2.75, 3.05) is 10.6 Å². The van der Waals surface area contributed by atoms with E-state index in [1.807, 2.05) is 44.2 Å². The average molecular weight is 277 g/mol. The van der Waals surface area contributed by atoms with Crippen molar-refractivity contribution < 1.29 is 0 Å². The van der Waals surface area contributed by atoms with E-state index in [-0.39, 0.29) is 0 Å². The molecule has 1 aromatic carbocycles. The minimum Gasteiger partial charge on any atom is -0.359 e. The van der Waals surface area contributed by atoms with E-state index in [9.17, 15) is 0 Å². The van der Waals surface area contributed by atoms with Crippen molar-refractivity contribution in [1.29, 1.82) is 0 Å². The van der Waals surface area contributed by atoms with Crippen LogP contribution in [-0.2, 0) is 0 Å². The van der Waals surface area contributed by atoms with Crippen molar-refractivity contribution >= 4 is 23.0 Å². The van der Waals surface area contributed by atoms with Crippen LogP contribution in [0.4, 0.5) is 11.4 Å². The Kier molecular flexibility index (Phi) is 2.48. The minimum absolute atomic E-state index is 0.596. The highest BCUT2D eigenvalue weighted by Crippen LogP contribution is 2.40. The molecule has 19 heavy (non-hydrogen) atoms. The highest BCUT2D eigenvalue weighted by Gasteiger charge is 2.38. The van der Waals surface area contributed by atoms with Gasteiger partial charge in [-0.3, -0.25) is 0 Å². The summed E-state index contributed by atoms with van der Waals surface area (Å²) in [7, 11) is 0. The van der Waals surface area contributed by atoms with Gasteiger partial charge in [-0.05, 0) is 49.3 Å². The molecule has 5 heteroatoms. The lowest BCUT2D eigenvalue weighted by Gasteiger charge is -2.39. The van der Waals surface area contributed by atoms with Crippen LogP contribution in [0.3, 0.4) is 0 Å². The number of nitrogens with two attached hydrogens (primary N) is 2. The van der Waals surface area contributed by atoms with Crippen LogP contribution in [0.25, 0.3) is 0 Å². The molecule has 4 nitrogen and oxygen atoms in total. The molecule has 0 aromatic heterocycles. The lowest BCUT2D eigenvalue weighted by Crippen LogP contribution is -2.56. The molecule has 2 unspecified atom stereocenters. The Morgan fingerprint density at radius 2 is 1.37 bits per heavy atom. The Hall–Kier alpha value is -1.49. The fraction of sp³-hybridized carbons (Fsp3) is 0.286. The molecule has 0 fully saturated rings. The Bertz CT molecular complexity index is 572. The monoisotopic (exact) mass is 276 g/mol. The van der Waals surface area contributed by atoms with Gasteiger partial charge in [-0.2, -0.15) is 0 Å². The van der Waals surface area contributed by atoms with Gasteiger partial charge in [-0.25, -0.2) is 0 Å². The number of benzene rings is 1. The maximum atomic E-state index is 6.44. The van der Waals surface area contributed by atoms with Crippen LogP contribution in [0.2, 0.25) is 5.02 Å². The molecule has 2 aliphatic heterocycles. The summed E-state index contributed by atoms with van der Waals surface area (Å²) in [5.41, 5.74) is 14.8. The molecule has 1 aromatic rings. The molecular weight excluding hydrogens is 260 g/mol.